The van der Waals surface area contributed by atoms with Gasteiger partial charge in [0.15, 0.2) is 0 Å². The number of rotatable bonds is 6. The minimum Gasteiger partial charge on any atom is -0.444 e. The van der Waals surface area contributed by atoms with E-state index in [1.165, 1.54) is 6.07 Å². The first-order chi connectivity index (χ1) is 18.1. The molecule has 200 valence electrons. The second-order valence-corrected chi connectivity index (χ2v) is 10.8. The maximum atomic E-state index is 14.8. The molecule has 1 heterocycles. The minimum absolute atomic E-state index is 0.159. The highest BCUT2D eigenvalue weighted by Gasteiger charge is 2.25. The number of nitrogens with one attached hydrogen (secondary N) is 1. The lowest BCUT2D eigenvalue weighted by atomic mass is 10.00. The lowest BCUT2D eigenvalue weighted by Gasteiger charge is -2.35. The Morgan fingerprint density at radius 3 is 2.37 bits per heavy atom. The summed E-state index contributed by atoms with van der Waals surface area (Å²) < 4.78 is 20.3. The number of carbonyl (C=O) groups is 2. The van der Waals surface area contributed by atoms with E-state index in [1.807, 2.05) is 70.2 Å². The number of amides is 2. The molecule has 0 aliphatic carbocycles. The van der Waals surface area contributed by atoms with Gasteiger partial charge in [0.25, 0.3) is 5.91 Å². The summed E-state index contributed by atoms with van der Waals surface area (Å²) in [5, 5.41) is 2.93. The van der Waals surface area contributed by atoms with Crippen LogP contribution in [0.1, 0.15) is 47.8 Å². The van der Waals surface area contributed by atoms with Crippen molar-refractivity contribution >= 4 is 12.0 Å². The van der Waals surface area contributed by atoms with Crippen LogP contribution < -0.4 is 5.32 Å². The predicted molar refractivity (Wildman–Crippen MR) is 147 cm³/mol. The van der Waals surface area contributed by atoms with Crippen molar-refractivity contribution in [3.05, 3.63) is 94.8 Å². The fourth-order valence-electron chi connectivity index (χ4n) is 4.48. The lowest BCUT2D eigenvalue weighted by Crippen LogP contribution is -2.49. The predicted octanol–water partition coefficient (Wildman–Crippen LogP) is 5.78. The van der Waals surface area contributed by atoms with E-state index in [0.717, 1.165) is 35.3 Å². The van der Waals surface area contributed by atoms with Crippen molar-refractivity contribution in [2.24, 2.45) is 0 Å². The maximum Gasteiger partial charge on any atom is 0.410 e. The van der Waals surface area contributed by atoms with E-state index in [1.54, 1.807) is 23.1 Å². The third-order valence-corrected chi connectivity index (χ3v) is 6.43. The van der Waals surface area contributed by atoms with Crippen molar-refractivity contribution < 1.29 is 18.7 Å². The molecule has 1 saturated heterocycles. The highest BCUT2D eigenvalue weighted by atomic mass is 19.1. The Labute approximate surface area is 224 Å². The monoisotopic (exact) mass is 517 g/mol. The molecule has 0 radical (unpaired) electrons. The molecular weight excluding hydrogens is 481 g/mol. The fraction of sp³-hybridized carbons (Fsp3) is 0.355. The van der Waals surface area contributed by atoms with Crippen LogP contribution in [0.4, 0.5) is 9.18 Å². The molecule has 0 bridgehead atoms. The lowest BCUT2D eigenvalue weighted by molar-refractivity contribution is 0.0139. The molecule has 1 aliphatic heterocycles. The van der Waals surface area contributed by atoms with Gasteiger partial charge in [0.05, 0.1) is 0 Å². The standard InChI is InChI=1S/C31H36FN3O3/c1-22-7-5-10-26(17-22)29(36)33-20-23-11-12-28(32)27(19-23)25-9-6-8-24(18-25)21-34-13-15-35(16-14-34)30(37)38-31(2,3)4/h5-12,17-19H,13-16,20-21H2,1-4H3,(H,33,36). The number of hydrogen-bond acceptors (Lipinski definition) is 4. The number of halogens is 1. The summed E-state index contributed by atoms with van der Waals surface area (Å²) in [7, 11) is 0. The Balaban J connectivity index is 1.38. The van der Waals surface area contributed by atoms with E-state index in [2.05, 4.69) is 10.2 Å². The Hall–Kier alpha value is -3.71. The summed E-state index contributed by atoms with van der Waals surface area (Å²) in [6, 6.07) is 20.2. The number of aryl methyl sites for hydroxylation is 1. The van der Waals surface area contributed by atoms with Crippen LogP contribution in [0.2, 0.25) is 0 Å². The second kappa shape index (κ2) is 11.8. The summed E-state index contributed by atoms with van der Waals surface area (Å²) >= 11 is 0. The number of hydrogen-bond donors (Lipinski definition) is 1. The molecule has 2 amide bonds. The molecule has 0 atom stereocenters. The summed E-state index contributed by atoms with van der Waals surface area (Å²) in [6.45, 7) is 11.3. The normalized spacial score (nSPS) is 14.3. The largest absolute Gasteiger partial charge is 0.444 e. The highest BCUT2D eigenvalue weighted by molar-refractivity contribution is 5.94. The SMILES string of the molecule is Cc1cccc(C(=O)NCc2ccc(F)c(-c3cccc(CN4CCN(C(=O)OC(C)(C)C)CC4)c3)c2)c1. The van der Waals surface area contributed by atoms with E-state index >= 15 is 0 Å². The quantitative estimate of drug-likeness (QED) is 0.450. The fourth-order valence-corrected chi connectivity index (χ4v) is 4.48. The van der Waals surface area contributed by atoms with Crippen molar-refractivity contribution in [1.29, 1.82) is 0 Å². The molecule has 0 saturated carbocycles. The van der Waals surface area contributed by atoms with Gasteiger partial charge < -0.3 is 15.0 Å². The maximum absolute atomic E-state index is 14.8. The molecule has 6 nitrogen and oxygen atoms in total. The van der Waals surface area contributed by atoms with Crippen LogP contribution >= 0.6 is 0 Å². The first-order valence-corrected chi connectivity index (χ1v) is 13.0. The molecule has 7 heteroatoms. The zero-order valence-electron chi connectivity index (χ0n) is 22.6. The Kier molecular flexibility index (Phi) is 8.47. The van der Waals surface area contributed by atoms with Gasteiger partial charge in [-0.15, -0.1) is 0 Å². The van der Waals surface area contributed by atoms with Gasteiger partial charge in [-0.3, -0.25) is 9.69 Å². The number of benzene rings is 3. The van der Waals surface area contributed by atoms with Crippen molar-refractivity contribution in [3.8, 4) is 11.1 Å². The molecule has 1 aliphatic rings. The molecule has 0 spiro atoms. The second-order valence-electron chi connectivity index (χ2n) is 10.8. The van der Waals surface area contributed by atoms with Gasteiger partial charge in [0.1, 0.15) is 11.4 Å². The van der Waals surface area contributed by atoms with Crippen LogP contribution in [0.5, 0.6) is 0 Å². The minimum atomic E-state index is -0.506. The molecule has 3 aromatic carbocycles. The van der Waals surface area contributed by atoms with E-state index in [9.17, 15) is 14.0 Å². The van der Waals surface area contributed by atoms with E-state index in [-0.39, 0.29) is 17.8 Å². The number of ether oxygens (including phenoxy) is 1. The van der Waals surface area contributed by atoms with Crippen LogP contribution in [0.15, 0.2) is 66.7 Å². The van der Waals surface area contributed by atoms with Gasteiger partial charge in [-0.2, -0.15) is 0 Å². The third-order valence-electron chi connectivity index (χ3n) is 6.43. The molecule has 1 fully saturated rings. The van der Waals surface area contributed by atoms with Crippen molar-refractivity contribution in [3.63, 3.8) is 0 Å². The summed E-state index contributed by atoms with van der Waals surface area (Å²) in [5.74, 6) is -0.463. The summed E-state index contributed by atoms with van der Waals surface area (Å²) in [6.07, 6.45) is -0.274. The van der Waals surface area contributed by atoms with Crippen LogP contribution in [0, 0.1) is 12.7 Å². The topological polar surface area (TPSA) is 61.9 Å². The van der Waals surface area contributed by atoms with Gasteiger partial charge in [0.2, 0.25) is 0 Å². The molecule has 0 aromatic heterocycles. The average molecular weight is 518 g/mol. The molecular formula is C31H36FN3O3. The Morgan fingerprint density at radius 1 is 0.921 bits per heavy atom. The van der Waals surface area contributed by atoms with E-state index in [0.29, 0.717) is 37.3 Å². The zero-order valence-corrected chi connectivity index (χ0v) is 22.6. The average Bonchev–Trinajstić information content (AvgIpc) is 2.87. The van der Waals surface area contributed by atoms with E-state index < -0.39 is 5.60 Å². The summed E-state index contributed by atoms with van der Waals surface area (Å²) in [5.41, 5.74) is 4.31. The number of carbonyl (C=O) groups excluding carboxylic acids is 2. The van der Waals surface area contributed by atoms with Gasteiger partial charge in [-0.1, -0.05) is 42.0 Å². The number of piperazine rings is 1. The molecule has 38 heavy (non-hydrogen) atoms. The van der Waals surface area contributed by atoms with Gasteiger partial charge in [-0.25, -0.2) is 9.18 Å². The highest BCUT2D eigenvalue weighted by Crippen LogP contribution is 2.26. The Bertz CT molecular complexity index is 1290. The Morgan fingerprint density at radius 2 is 1.66 bits per heavy atom. The first-order valence-electron chi connectivity index (χ1n) is 13.0. The van der Waals surface area contributed by atoms with Crippen molar-refractivity contribution in [1.82, 2.24) is 15.1 Å². The smallest absolute Gasteiger partial charge is 0.410 e. The summed E-state index contributed by atoms with van der Waals surface area (Å²) in [4.78, 5) is 28.9. The van der Waals surface area contributed by atoms with Crippen LogP contribution in [0.3, 0.4) is 0 Å². The molecule has 0 unspecified atom stereocenters. The molecule has 4 rings (SSSR count). The van der Waals surface area contributed by atoms with Crippen LogP contribution in [0.25, 0.3) is 11.1 Å². The zero-order chi connectivity index (χ0) is 27.3. The van der Waals surface area contributed by atoms with Crippen molar-refractivity contribution in [2.75, 3.05) is 26.2 Å². The van der Waals surface area contributed by atoms with Gasteiger partial charge in [0, 0.05) is 50.4 Å². The first kappa shape index (κ1) is 27.3. The van der Waals surface area contributed by atoms with Crippen molar-refractivity contribution in [2.45, 2.75) is 46.4 Å². The van der Waals surface area contributed by atoms with Crippen LogP contribution in [-0.4, -0.2) is 53.6 Å². The number of nitrogens with zero attached hydrogens (tertiary/aromatic N) is 2. The van der Waals surface area contributed by atoms with Gasteiger partial charge >= 0.3 is 6.09 Å². The molecule has 1 N–H and O–H groups in total. The van der Waals surface area contributed by atoms with Crippen LogP contribution in [-0.2, 0) is 17.8 Å². The third kappa shape index (κ3) is 7.42. The van der Waals surface area contributed by atoms with E-state index in [4.69, 9.17) is 4.74 Å². The molecule has 3 aromatic rings. The van der Waals surface area contributed by atoms with Gasteiger partial charge in [-0.05, 0) is 74.7 Å².